The van der Waals surface area contributed by atoms with Crippen LogP contribution in [-0.2, 0) is 31.4 Å². The maximum absolute atomic E-state index is 11.9. The van der Waals surface area contributed by atoms with Crippen molar-refractivity contribution in [2.24, 2.45) is 0 Å². The number of phosphoric acid groups is 1. The Hall–Kier alpha value is -1.98. The Labute approximate surface area is 133 Å². The predicted octanol–water partition coefficient (Wildman–Crippen LogP) is 3.02. The highest BCUT2D eigenvalue weighted by atomic mass is 31.2. The van der Waals surface area contributed by atoms with Gasteiger partial charge in [0.2, 0.25) is 0 Å². The molecule has 0 radical (unpaired) electrons. The minimum Gasteiger partial charge on any atom is -0.479 e. The Bertz CT molecular complexity index is 673. The molecule has 0 amide bonds. The van der Waals surface area contributed by atoms with Crippen LogP contribution in [0.3, 0.4) is 0 Å². The average molecular weight is 336 g/mol. The highest BCUT2D eigenvalue weighted by Gasteiger charge is 2.31. The number of rotatable bonds is 8. The minimum atomic E-state index is -4.49. The standard InChI is InChI=1S/C16H17O6P/c17-16(18)15(11-13-7-3-1-4-8-13)22-23(19,20)21-12-14-9-5-2-6-10-14/h1-10,15H,11-12H2,(H,17,18)(H,19,20)/t15-/m0/s1. The third kappa shape index (κ3) is 5.96. The van der Waals surface area contributed by atoms with Crippen molar-refractivity contribution >= 4 is 13.8 Å². The monoisotopic (exact) mass is 336 g/mol. The fraction of sp³-hybridized carbons (Fsp3) is 0.188. The van der Waals surface area contributed by atoms with Crippen LogP contribution in [0.25, 0.3) is 0 Å². The van der Waals surface area contributed by atoms with Crippen molar-refractivity contribution in [2.75, 3.05) is 0 Å². The number of hydrogen-bond acceptors (Lipinski definition) is 4. The molecule has 0 saturated heterocycles. The summed E-state index contributed by atoms with van der Waals surface area (Å²) >= 11 is 0. The van der Waals surface area contributed by atoms with E-state index >= 15 is 0 Å². The van der Waals surface area contributed by atoms with Gasteiger partial charge in [0.1, 0.15) is 0 Å². The van der Waals surface area contributed by atoms with Crippen molar-refractivity contribution < 1.29 is 28.4 Å². The van der Waals surface area contributed by atoms with Crippen LogP contribution in [0.5, 0.6) is 0 Å². The van der Waals surface area contributed by atoms with Gasteiger partial charge in [-0.05, 0) is 11.1 Å². The number of phosphoric ester groups is 1. The average Bonchev–Trinajstić information content (AvgIpc) is 2.54. The molecule has 122 valence electrons. The lowest BCUT2D eigenvalue weighted by atomic mass is 10.1. The molecule has 0 heterocycles. The fourth-order valence-corrected chi connectivity index (χ4v) is 2.78. The van der Waals surface area contributed by atoms with Crippen LogP contribution in [0.2, 0.25) is 0 Å². The second-order valence-corrected chi connectivity index (χ2v) is 6.26. The van der Waals surface area contributed by atoms with Crippen LogP contribution in [0.1, 0.15) is 11.1 Å². The molecule has 0 saturated carbocycles. The van der Waals surface area contributed by atoms with Crippen molar-refractivity contribution in [2.45, 2.75) is 19.1 Å². The maximum atomic E-state index is 11.9. The molecule has 1 unspecified atom stereocenters. The molecular formula is C16H17O6P. The molecule has 2 aromatic rings. The van der Waals surface area contributed by atoms with Gasteiger partial charge in [0, 0.05) is 6.42 Å². The number of carbonyl (C=O) groups is 1. The Morgan fingerprint density at radius 2 is 1.52 bits per heavy atom. The SMILES string of the molecule is O=C(O)[C@H](Cc1ccccc1)OP(=O)(O)OCc1ccccc1. The first-order valence-electron chi connectivity index (χ1n) is 6.93. The zero-order valence-corrected chi connectivity index (χ0v) is 13.1. The van der Waals surface area contributed by atoms with Crippen LogP contribution in [0.15, 0.2) is 60.7 Å². The summed E-state index contributed by atoms with van der Waals surface area (Å²) in [5, 5.41) is 9.17. The summed E-state index contributed by atoms with van der Waals surface area (Å²) in [5.41, 5.74) is 1.36. The van der Waals surface area contributed by atoms with Crippen LogP contribution in [0.4, 0.5) is 0 Å². The molecule has 0 aromatic heterocycles. The first-order chi connectivity index (χ1) is 11.0. The van der Waals surface area contributed by atoms with Gasteiger partial charge in [-0.15, -0.1) is 0 Å². The van der Waals surface area contributed by atoms with E-state index in [-0.39, 0.29) is 13.0 Å². The first kappa shape index (κ1) is 17.4. The summed E-state index contributed by atoms with van der Waals surface area (Å²) in [6.45, 7) is -0.147. The summed E-state index contributed by atoms with van der Waals surface area (Å²) < 4.78 is 21.6. The third-order valence-corrected chi connectivity index (χ3v) is 4.01. The zero-order valence-electron chi connectivity index (χ0n) is 12.2. The normalized spacial score (nSPS) is 14.8. The summed E-state index contributed by atoms with van der Waals surface area (Å²) in [6.07, 6.45) is -1.50. The second-order valence-electron chi connectivity index (χ2n) is 4.85. The molecule has 0 spiro atoms. The Morgan fingerprint density at radius 3 is 2.04 bits per heavy atom. The molecule has 0 aliphatic rings. The molecule has 2 aromatic carbocycles. The van der Waals surface area contributed by atoms with Crippen molar-refractivity contribution in [3.05, 3.63) is 71.8 Å². The van der Waals surface area contributed by atoms with Gasteiger partial charge < -0.3 is 10.00 Å². The maximum Gasteiger partial charge on any atom is 0.473 e. The van der Waals surface area contributed by atoms with E-state index in [1.807, 2.05) is 0 Å². The zero-order chi connectivity index (χ0) is 16.7. The Balaban J connectivity index is 1.97. The third-order valence-electron chi connectivity index (χ3n) is 3.04. The minimum absolute atomic E-state index is 0.0323. The van der Waals surface area contributed by atoms with E-state index in [1.165, 1.54) is 0 Å². The molecule has 0 bridgehead atoms. The summed E-state index contributed by atoms with van der Waals surface area (Å²) in [4.78, 5) is 21.0. The van der Waals surface area contributed by atoms with Crippen molar-refractivity contribution in [3.63, 3.8) is 0 Å². The Morgan fingerprint density at radius 1 is 1.00 bits per heavy atom. The van der Waals surface area contributed by atoms with Crippen LogP contribution < -0.4 is 0 Å². The number of benzene rings is 2. The molecule has 6 nitrogen and oxygen atoms in total. The van der Waals surface area contributed by atoms with Crippen molar-refractivity contribution in [1.29, 1.82) is 0 Å². The van der Waals surface area contributed by atoms with Crippen molar-refractivity contribution in [3.8, 4) is 0 Å². The lowest BCUT2D eigenvalue weighted by molar-refractivity contribution is -0.146. The number of carboxylic acids is 1. The van der Waals surface area contributed by atoms with E-state index in [4.69, 9.17) is 9.05 Å². The Kier molecular flexibility index (Phi) is 6.07. The van der Waals surface area contributed by atoms with Gasteiger partial charge in [-0.25, -0.2) is 9.36 Å². The molecule has 23 heavy (non-hydrogen) atoms. The number of hydrogen-bond donors (Lipinski definition) is 2. The summed E-state index contributed by atoms with van der Waals surface area (Å²) in [6, 6.07) is 17.5. The van der Waals surface area contributed by atoms with E-state index in [0.29, 0.717) is 11.1 Å². The van der Waals surface area contributed by atoms with Crippen molar-refractivity contribution in [1.82, 2.24) is 0 Å². The van der Waals surface area contributed by atoms with Crippen LogP contribution in [0, 0.1) is 0 Å². The molecule has 2 rings (SSSR count). The topological polar surface area (TPSA) is 93.1 Å². The number of aliphatic carboxylic acids is 1. The molecule has 0 fully saturated rings. The summed E-state index contributed by atoms with van der Waals surface area (Å²) in [7, 11) is -4.49. The molecule has 0 aliphatic carbocycles. The van der Waals surface area contributed by atoms with E-state index in [0.717, 1.165) is 0 Å². The lowest BCUT2D eigenvalue weighted by Crippen LogP contribution is -2.25. The van der Waals surface area contributed by atoms with Gasteiger partial charge >= 0.3 is 13.8 Å². The molecule has 0 aliphatic heterocycles. The smallest absolute Gasteiger partial charge is 0.473 e. The molecule has 2 N–H and O–H groups in total. The largest absolute Gasteiger partial charge is 0.479 e. The highest BCUT2D eigenvalue weighted by molar-refractivity contribution is 7.47. The van der Waals surface area contributed by atoms with Gasteiger partial charge in [0.25, 0.3) is 0 Å². The molecular weight excluding hydrogens is 319 g/mol. The molecule has 2 atom stereocenters. The highest BCUT2D eigenvalue weighted by Crippen LogP contribution is 2.45. The second kappa shape index (κ2) is 8.04. The predicted molar refractivity (Wildman–Crippen MR) is 83.7 cm³/mol. The molecule has 7 heteroatoms. The van der Waals surface area contributed by atoms with Crippen LogP contribution in [-0.4, -0.2) is 22.1 Å². The van der Waals surface area contributed by atoms with Crippen LogP contribution >= 0.6 is 7.82 Å². The van der Waals surface area contributed by atoms with Gasteiger partial charge in [-0.1, -0.05) is 60.7 Å². The van der Waals surface area contributed by atoms with Gasteiger partial charge in [0.15, 0.2) is 6.10 Å². The first-order valence-corrected chi connectivity index (χ1v) is 8.42. The quantitative estimate of drug-likeness (QED) is 0.720. The summed E-state index contributed by atoms with van der Waals surface area (Å²) in [5.74, 6) is -1.33. The van der Waals surface area contributed by atoms with E-state index in [9.17, 15) is 19.4 Å². The lowest BCUT2D eigenvalue weighted by Gasteiger charge is -2.18. The van der Waals surface area contributed by atoms with E-state index in [2.05, 4.69) is 0 Å². The van der Waals surface area contributed by atoms with E-state index < -0.39 is 19.9 Å². The van der Waals surface area contributed by atoms with Gasteiger partial charge in [-0.3, -0.25) is 9.05 Å². The van der Waals surface area contributed by atoms with Gasteiger partial charge in [0.05, 0.1) is 6.61 Å². The van der Waals surface area contributed by atoms with Gasteiger partial charge in [-0.2, -0.15) is 0 Å². The number of carboxylic acid groups (broad SMARTS) is 1. The fourth-order valence-electron chi connectivity index (χ4n) is 1.92. The van der Waals surface area contributed by atoms with E-state index in [1.54, 1.807) is 60.7 Å².